The van der Waals surface area contributed by atoms with Gasteiger partial charge in [0.05, 0.1) is 6.10 Å². The summed E-state index contributed by atoms with van der Waals surface area (Å²) in [4.78, 5) is 0. The van der Waals surface area contributed by atoms with Crippen LogP contribution in [-0.4, -0.2) is 12.7 Å². The van der Waals surface area contributed by atoms with E-state index in [1.54, 1.807) is 0 Å². The van der Waals surface area contributed by atoms with Crippen LogP contribution in [0.5, 0.6) is 0 Å². The molecule has 2 atom stereocenters. The van der Waals surface area contributed by atoms with Crippen LogP contribution in [0.15, 0.2) is 36.4 Å². The van der Waals surface area contributed by atoms with Crippen molar-refractivity contribution in [1.82, 2.24) is 0 Å². The van der Waals surface area contributed by atoms with E-state index in [1.807, 2.05) is 0 Å². The molecule has 2 aliphatic rings. The molecule has 1 nitrogen and oxygen atoms in total. The highest BCUT2D eigenvalue weighted by Gasteiger charge is 2.35. The van der Waals surface area contributed by atoms with E-state index < -0.39 is 0 Å². The van der Waals surface area contributed by atoms with Gasteiger partial charge in [-0.1, -0.05) is 36.4 Å². The standard InChI is InChI=1S/C14H16O/c1-10-5-4-8-15-13-9-11-6-2-3-7-12(11)14(10)13/h2-3,6-7,13-14H,1,4-5,8-9H2/t13-,14-/m0/s1. The van der Waals surface area contributed by atoms with E-state index in [0.29, 0.717) is 12.0 Å². The number of rotatable bonds is 0. The molecule has 1 aliphatic heterocycles. The molecule has 78 valence electrons. The highest BCUT2D eigenvalue weighted by Crippen LogP contribution is 2.42. The van der Waals surface area contributed by atoms with Crippen LogP contribution in [0.4, 0.5) is 0 Å². The lowest BCUT2D eigenvalue weighted by Gasteiger charge is -2.18. The first-order valence-electron chi connectivity index (χ1n) is 5.73. The quantitative estimate of drug-likeness (QED) is 0.585. The fraction of sp³-hybridized carbons (Fsp3) is 0.429. The summed E-state index contributed by atoms with van der Waals surface area (Å²) in [5.41, 5.74) is 4.27. The second kappa shape index (κ2) is 3.49. The van der Waals surface area contributed by atoms with Crippen molar-refractivity contribution >= 4 is 0 Å². The van der Waals surface area contributed by atoms with Crippen LogP contribution in [0.25, 0.3) is 0 Å². The van der Waals surface area contributed by atoms with Crippen LogP contribution < -0.4 is 0 Å². The van der Waals surface area contributed by atoms with Gasteiger partial charge in [0.2, 0.25) is 0 Å². The van der Waals surface area contributed by atoms with Gasteiger partial charge >= 0.3 is 0 Å². The van der Waals surface area contributed by atoms with Crippen molar-refractivity contribution in [3.63, 3.8) is 0 Å². The topological polar surface area (TPSA) is 9.23 Å². The van der Waals surface area contributed by atoms with Crippen molar-refractivity contribution in [2.24, 2.45) is 0 Å². The van der Waals surface area contributed by atoms with E-state index in [-0.39, 0.29) is 0 Å². The zero-order valence-corrected chi connectivity index (χ0v) is 8.91. The first kappa shape index (κ1) is 9.17. The molecule has 3 rings (SSSR count). The molecule has 0 N–H and O–H groups in total. The lowest BCUT2D eigenvalue weighted by Crippen LogP contribution is -2.17. The van der Waals surface area contributed by atoms with E-state index in [0.717, 1.165) is 25.9 Å². The van der Waals surface area contributed by atoms with Gasteiger partial charge in [-0.25, -0.2) is 0 Å². The second-order valence-electron chi connectivity index (χ2n) is 4.55. The molecule has 1 fully saturated rings. The maximum Gasteiger partial charge on any atom is 0.0721 e. The fourth-order valence-corrected chi connectivity index (χ4v) is 2.89. The fourth-order valence-electron chi connectivity index (χ4n) is 2.89. The predicted molar refractivity (Wildman–Crippen MR) is 61.0 cm³/mol. The summed E-state index contributed by atoms with van der Waals surface area (Å²) in [6.45, 7) is 5.13. The molecular formula is C14H16O. The number of benzene rings is 1. The van der Waals surface area contributed by atoms with Gasteiger partial charge in [-0.3, -0.25) is 0 Å². The lowest BCUT2D eigenvalue weighted by atomic mass is 9.90. The van der Waals surface area contributed by atoms with Crippen LogP contribution in [0.3, 0.4) is 0 Å². The summed E-state index contributed by atoms with van der Waals surface area (Å²) in [6.07, 6.45) is 3.68. The Bertz CT molecular complexity index is 394. The third-order valence-electron chi connectivity index (χ3n) is 3.60. The summed E-state index contributed by atoms with van der Waals surface area (Å²) in [7, 11) is 0. The van der Waals surface area contributed by atoms with Gasteiger partial charge in [-0.05, 0) is 30.4 Å². The predicted octanol–water partition coefficient (Wildman–Crippen LogP) is 3.06. The number of fused-ring (bicyclic) bond motifs is 3. The molecule has 0 aromatic heterocycles. The van der Waals surface area contributed by atoms with Gasteiger partial charge in [-0.15, -0.1) is 0 Å². The van der Waals surface area contributed by atoms with E-state index in [2.05, 4.69) is 30.8 Å². The van der Waals surface area contributed by atoms with E-state index in [4.69, 9.17) is 4.74 Å². The van der Waals surface area contributed by atoms with Gasteiger partial charge < -0.3 is 4.74 Å². The maximum absolute atomic E-state index is 5.92. The Morgan fingerprint density at radius 1 is 1.27 bits per heavy atom. The number of hydrogen-bond acceptors (Lipinski definition) is 1. The molecule has 0 unspecified atom stereocenters. The van der Waals surface area contributed by atoms with Crippen molar-refractivity contribution in [2.75, 3.05) is 6.61 Å². The minimum Gasteiger partial charge on any atom is -0.377 e. The molecule has 1 aliphatic carbocycles. The molecule has 15 heavy (non-hydrogen) atoms. The zero-order valence-electron chi connectivity index (χ0n) is 8.91. The van der Waals surface area contributed by atoms with Gasteiger partial charge in [0.15, 0.2) is 0 Å². The Morgan fingerprint density at radius 3 is 3.07 bits per heavy atom. The molecule has 1 aromatic carbocycles. The summed E-state index contributed by atoms with van der Waals surface area (Å²) < 4.78 is 5.92. The van der Waals surface area contributed by atoms with Crippen LogP contribution in [0.1, 0.15) is 29.9 Å². The molecule has 1 aromatic rings. The number of ether oxygens (including phenoxy) is 1. The normalized spacial score (nSPS) is 29.5. The third kappa shape index (κ3) is 1.42. The highest BCUT2D eigenvalue weighted by molar-refractivity contribution is 5.42. The van der Waals surface area contributed by atoms with Gasteiger partial charge in [0, 0.05) is 12.5 Å². The van der Waals surface area contributed by atoms with E-state index in [9.17, 15) is 0 Å². The van der Waals surface area contributed by atoms with Crippen LogP contribution in [0.2, 0.25) is 0 Å². The molecular weight excluding hydrogens is 184 g/mol. The van der Waals surface area contributed by atoms with Crippen LogP contribution in [-0.2, 0) is 11.2 Å². The summed E-state index contributed by atoms with van der Waals surface area (Å²) >= 11 is 0. The Labute approximate surface area is 90.8 Å². The molecule has 0 radical (unpaired) electrons. The Morgan fingerprint density at radius 2 is 2.13 bits per heavy atom. The Hall–Kier alpha value is -1.08. The summed E-state index contributed by atoms with van der Waals surface area (Å²) in [6, 6.07) is 8.70. The molecule has 0 amide bonds. The Balaban J connectivity index is 2.04. The van der Waals surface area contributed by atoms with Gasteiger partial charge in [-0.2, -0.15) is 0 Å². The van der Waals surface area contributed by atoms with E-state index >= 15 is 0 Å². The monoisotopic (exact) mass is 200 g/mol. The molecule has 1 saturated heterocycles. The van der Waals surface area contributed by atoms with E-state index in [1.165, 1.54) is 16.7 Å². The average molecular weight is 200 g/mol. The van der Waals surface area contributed by atoms with Crippen molar-refractivity contribution in [2.45, 2.75) is 31.3 Å². The second-order valence-corrected chi connectivity index (χ2v) is 4.55. The van der Waals surface area contributed by atoms with Crippen molar-refractivity contribution in [1.29, 1.82) is 0 Å². The smallest absolute Gasteiger partial charge is 0.0721 e. The first-order valence-corrected chi connectivity index (χ1v) is 5.73. The summed E-state index contributed by atoms with van der Waals surface area (Å²) in [5, 5.41) is 0. The molecule has 0 saturated carbocycles. The minimum absolute atomic E-state index is 0.359. The SMILES string of the molecule is C=C1CCCO[C@H]2Cc3ccccc3[C@H]12. The number of hydrogen-bond donors (Lipinski definition) is 0. The molecule has 1 heterocycles. The third-order valence-corrected chi connectivity index (χ3v) is 3.60. The maximum atomic E-state index is 5.92. The minimum atomic E-state index is 0.359. The highest BCUT2D eigenvalue weighted by atomic mass is 16.5. The molecule has 0 bridgehead atoms. The van der Waals surface area contributed by atoms with Crippen LogP contribution in [0, 0.1) is 0 Å². The Kier molecular flexibility index (Phi) is 2.14. The van der Waals surface area contributed by atoms with Crippen molar-refractivity contribution < 1.29 is 4.74 Å². The zero-order chi connectivity index (χ0) is 10.3. The van der Waals surface area contributed by atoms with Crippen molar-refractivity contribution in [3.05, 3.63) is 47.5 Å². The summed E-state index contributed by atoms with van der Waals surface area (Å²) in [5.74, 6) is 0.462. The van der Waals surface area contributed by atoms with Crippen molar-refractivity contribution in [3.8, 4) is 0 Å². The van der Waals surface area contributed by atoms with Crippen LogP contribution >= 0.6 is 0 Å². The lowest BCUT2D eigenvalue weighted by molar-refractivity contribution is 0.0585. The average Bonchev–Trinajstić information content (AvgIpc) is 2.53. The first-order chi connectivity index (χ1) is 7.36. The van der Waals surface area contributed by atoms with Gasteiger partial charge in [0.1, 0.15) is 0 Å². The largest absolute Gasteiger partial charge is 0.377 e. The molecule has 0 spiro atoms. The van der Waals surface area contributed by atoms with Gasteiger partial charge in [0.25, 0.3) is 0 Å². The molecule has 1 heteroatoms.